The van der Waals surface area contributed by atoms with Crippen LogP contribution in [0.1, 0.15) is 16.1 Å². The third-order valence-electron chi connectivity index (χ3n) is 4.89. The van der Waals surface area contributed by atoms with Crippen molar-refractivity contribution in [3.63, 3.8) is 0 Å². The number of hydrogen-bond donors (Lipinski definition) is 1. The Morgan fingerprint density at radius 3 is 2.38 bits per heavy atom. The van der Waals surface area contributed by atoms with Gasteiger partial charge in [-0.3, -0.25) is 9.59 Å². The molecule has 4 aromatic rings. The number of amides is 2. The summed E-state index contributed by atoms with van der Waals surface area (Å²) in [6.45, 7) is 0.208. The smallest absolute Gasteiger partial charge is 0.287 e. The van der Waals surface area contributed by atoms with Gasteiger partial charge in [-0.05, 0) is 40.2 Å². The number of hydrogen-bond acceptors (Lipinski definition) is 4. The number of furan rings is 1. The van der Waals surface area contributed by atoms with Gasteiger partial charge in [-0.15, -0.1) is 0 Å². The first-order valence-corrected chi connectivity index (χ1v) is 10.8. The molecule has 162 valence electrons. The number of likely N-dealkylation sites (N-methyl/N-ethyl adjacent to an activating group) is 1. The maximum Gasteiger partial charge on any atom is 0.287 e. The fourth-order valence-corrected chi connectivity index (χ4v) is 3.54. The predicted molar refractivity (Wildman–Crippen MR) is 124 cm³/mol. The molecule has 0 fully saturated rings. The van der Waals surface area contributed by atoms with E-state index in [1.165, 1.54) is 6.07 Å². The van der Waals surface area contributed by atoms with Crippen LogP contribution in [-0.2, 0) is 11.3 Å². The highest BCUT2D eigenvalue weighted by Crippen LogP contribution is 2.24. The molecule has 0 aliphatic heterocycles. The number of benzene rings is 2. The zero-order chi connectivity index (χ0) is 22.5. The third kappa shape index (κ3) is 4.97. The molecule has 0 aliphatic rings. The van der Waals surface area contributed by atoms with Crippen LogP contribution in [0.2, 0.25) is 0 Å². The molecule has 2 aromatic carbocycles. The lowest BCUT2D eigenvalue weighted by atomic mass is 10.1. The Labute approximate surface area is 193 Å². The fourth-order valence-electron chi connectivity index (χ4n) is 3.24. The number of nitrogens with one attached hydrogen (secondary N) is 1. The summed E-state index contributed by atoms with van der Waals surface area (Å²) in [5.74, 6) is -0.530. The fraction of sp³-hybridized carbons (Fsp3) is 0.125. The van der Waals surface area contributed by atoms with Gasteiger partial charge >= 0.3 is 0 Å². The first-order valence-electron chi connectivity index (χ1n) is 9.98. The van der Waals surface area contributed by atoms with Crippen molar-refractivity contribution < 1.29 is 14.0 Å². The van der Waals surface area contributed by atoms with E-state index in [9.17, 15) is 9.59 Å². The van der Waals surface area contributed by atoms with Crippen molar-refractivity contribution in [1.82, 2.24) is 20.0 Å². The van der Waals surface area contributed by atoms with Gasteiger partial charge < -0.3 is 14.6 Å². The standard InChI is InChI=1S/C24H21BrN4O3/c1-28(22(30)14-26-24(31)20-12-13-21(25)32-20)15-18-16-29(19-10-6-3-7-11-19)27-23(18)17-8-4-2-5-9-17/h2-13,16H,14-15H2,1H3,(H,26,31). The zero-order valence-electron chi connectivity index (χ0n) is 17.4. The van der Waals surface area contributed by atoms with Gasteiger partial charge in [-0.25, -0.2) is 4.68 Å². The van der Waals surface area contributed by atoms with Crippen molar-refractivity contribution in [2.75, 3.05) is 13.6 Å². The number of carbonyl (C=O) groups is 2. The highest BCUT2D eigenvalue weighted by atomic mass is 79.9. The highest BCUT2D eigenvalue weighted by molar-refractivity contribution is 9.10. The summed E-state index contributed by atoms with van der Waals surface area (Å²) in [4.78, 5) is 26.4. The predicted octanol–water partition coefficient (Wildman–Crippen LogP) is 4.28. The second-order valence-corrected chi connectivity index (χ2v) is 7.97. The van der Waals surface area contributed by atoms with E-state index in [2.05, 4.69) is 21.2 Å². The summed E-state index contributed by atoms with van der Waals surface area (Å²) in [5, 5.41) is 7.36. The Balaban J connectivity index is 1.50. The SMILES string of the molecule is CN(Cc1cn(-c2ccccc2)nc1-c1ccccc1)C(=O)CNC(=O)c1ccc(Br)o1. The Morgan fingerprint density at radius 2 is 1.72 bits per heavy atom. The van der Waals surface area contributed by atoms with Crippen molar-refractivity contribution in [2.24, 2.45) is 0 Å². The minimum absolute atomic E-state index is 0.138. The molecule has 1 N–H and O–H groups in total. The van der Waals surface area contributed by atoms with Gasteiger partial charge in [-0.1, -0.05) is 48.5 Å². The van der Waals surface area contributed by atoms with E-state index in [-0.39, 0.29) is 18.2 Å². The van der Waals surface area contributed by atoms with Crippen LogP contribution >= 0.6 is 15.9 Å². The molecule has 32 heavy (non-hydrogen) atoms. The molecule has 0 unspecified atom stereocenters. The molecule has 7 nitrogen and oxygen atoms in total. The Morgan fingerprint density at radius 1 is 1.03 bits per heavy atom. The van der Waals surface area contributed by atoms with Gasteiger partial charge in [0.1, 0.15) is 0 Å². The van der Waals surface area contributed by atoms with E-state index in [1.807, 2.05) is 71.5 Å². The summed E-state index contributed by atoms with van der Waals surface area (Å²) < 4.78 is 7.48. The van der Waals surface area contributed by atoms with Crippen LogP contribution in [0, 0.1) is 0 Å². The minimum atomic E-state index is -0.445. The average molecular weight is 493 g/mol. The molecule has 4 rings (SSSR count). The van der Waals surface area contributed by atoms with Crippen LogP contribution in [0.25, 0.3) is 16.9 Å². The number of aromatic nitrogens is 2. The molecule has 0 saturated heterocycles. The first-order chi connectivity index (χ1) is 15.5. The van der Waals surface area contributed by atoms with Gasteiger partial charge in [-0.2, -0.15) is 5.10 Å². The van der Waals surface area contributed by atoms with Crippen molar-refractivity contribution in [2.45, 2.75) is 6.54 Å². The van der Waals surface area contributed by atoms with Crippen molar-refractivity contribution in [3.8, 4) is 16.9 Å². The summed E-state index contributed by atoms with van der Waals surface area (Å²) in [5.41, 5.74) is 3.60. The second-order valence-electron chi connectivity index (χ2n) is 7.19. The van der Waals surface area contributed by atoms with Crippen molar-refractivity contribution in [1.29, 1.82) is 0 Å². The number of halogens is 1. The van der Waals surface area contributed by atoms with Crippen LogP contribution in [0.15, 0.2) is 88.1 Å². The second kappa shape index (κ2) is 9.65. The van der Waals surface area contributed by atoms with Gasteiger partial charge in [0.15, 0.2) is 10.4 Å². The first kappa shape index (κ1) is 21.6. The highest BCUT2D eigenvalue weighted by Gasteiger charge is 2.18. The Kier molecular flexibility index (Phi) is 6.51. The topological polar surface area (TPSA) is 80.4 Å². The number of para-hydroxylation sites is 1. The molecule has 0 atom stereocenters. The molecule has 0 saturated carbocycles. The van der Waals surface area contributed by atoms with E-state index in [1.54, 1.807) is 18.0 Å². The van der Waals surface area contributed by atoms with Crippen molar-refractivity contribution >= 4 is 27.7 Å². The zero-order valence-corrected chi connectivity index (χ0v) is 19.0. The normalized spacial score (nSPS) is 10.7. The molecule has 2 aromatic heterocycles. The van der Waals surface area contributed by atoms with E-state index >= 15 is 0 Å². The molecule has 0 spiro atoms. The molecule has 0 bridgehead atoms. The maximum atomic E-state index is 12.7. The summed E-state index contributed by atoms with van der Waals surface area (Å²) in [6.07, 6.45) is 1.93. The van der Waals surface area contributed by atoms with Crippen LogP contribution in [0.3, 0.4) is 0 Å². The maximum absolute atomic E-state index is 12.7. The lowest BCUT2D eigenvalue weighted by Gasteiger charge is -2.17. The molecule has 2 heterocycles. The average Bonchev–Trinajstić information content (AvgIpc) is 3.45. The van der Waals surface area contributed by atoms with Gasteiger partial charge in [0.05, 0.1) is 17.9 Å². The molecular formula is C24H21BrN4O3. The van der Waals surface area contributed by atoms with Crippen LogP contribution < -0.4 is 5.32 Å². The van der Waals surface area contributed by atoms with E-state index in [0.29, 0.717) is 11.2 Å². The monoisotopic (exact) mass is 492 g/mol. The van der Waals surface area contributed by atoms with Gasteiger partial charge in [0.25, 0.3) is 5.91 Å². The lowest BCUT2D eigenvalue weighted by molar-refractivity contribution is -0.129. The van der Waals surface area contributed by atoms with Crippen LogP contribution in [0.5, 0.6) is 0 Å². The van der Waals surface area contributed by atoms with E-state index in [0.717, 1.165) is 22.5 Å². The number of nitrogens with zero attached hydrogens (tertiary/aromatic N) is 3. The quantitative estimate of drug-likeness (QED) is 0.417. The Bertz CT molecular complexity index is 1220. The largest absolute Gasteiger partial charge is 0.444 e. The summed E-state index contributed by atoms with van der Waals surface area (Å²) >= 11 is 3.16. The van der Waals surface area contributed by atoms with E-state index < -0.39 is 5.91 Å². The molecular weight excluding hydrogens is 472 g/mol. The third-order valence-corrected chi connectivity index (χ3v) is 5.31. The lowest BCUT2D eigenvalue weighted by Crippen LogP contribution is -2.37. The number of rotatable bonds is 7. The van der Waals surface area contributed by atoms with Gasteiger partial charge in [0.2, 0.25) is 5.91 Å². The minimum Gasteiger partial charge on any atom is -0.444 e. The molecule has 8 heteroatoms. The summed E-state index contributed by atoms with van der Waals surface area (Å²) in [6, 6.07) is 22.8. The van der Waals surface area contributed by atoms with E-state index in [4.69, 9.17) is 9.52 Å². The van der Waals surface area contributed by atoms with Crippen LogP contribution in [-0.4, -0.2) is 40.1 Å². The molecule has 2 amide bonds. The van der Waals surface area contributed by atoms with Gasteiger partial charge in [0, 0.05) is 30.9 Å². The summed E-state index contributed by atoms with van der Waals surface area (Å²) in [7, 11) is 1.70. The van der Waals surface area contributed by atoms with Crippen molar-refractivity contribution in [3.05, 3.63) is 95.0 Å². The van der Waals surface area contributed by atoms with Crippen LogP contribution in [0.4, 0.5) is 0 Å². The molecule has 0 aliphatic carbocycles. The Hall–Kier alpha value is -3.65. The molecule has 0 radical (unpaired) electrons. The number of carbonyl (C=O) groups excluding carboxylic acids is 2.